The predicted molar refractivity (Wildman–Crippen MR) is 57.2 cm³/mol. The Morgan fingerprint density at radius 3 is 2.43 bits per heavy atom. The summed E-state index contributed by atoms with van der Waals surface area (Å²) in [6.45, 7) is 11.1. The van der Waals surface area contributed by atoms with Crippen LogP contribution in [0, 0.1) is 5.92 Å². The van der Waals surface area contributed by atoms with Gasteiger partial charge in [0, 0.05) is 6.61 Å². The average molecular weight is 202 g/mol. The van der Waals surface area contributed by atoms with Gasteiger partial charge in [-0.3, -0.25) is 0 Å². The lowest BCUT2D eigenvalue weighted by Gasteiger charge is -2.09. The number of hydrogen-bond donors (Lipinski definition) is 0. The van der Waals surface area contributed by atoms with Crippen LogP contribution in [0.25, 0.3) is 0 Å². The molecule has 0 fully saturated rings. The topological polar surface area (TPSA) is 27.7 Å². The summed E-state index contributed by atoms with van der Waals surface area (Å²) in [5.74, 6) is 0.638. The van der Waals surface area contributed by atoms with Crippen LogP contribution in [0.2, 0.25) is 0 Å². The van der Waals surface area contributed by atoms with Crippen molar-refractivity contribution >= 4 is 0 Å². The maximum Gasteiger partial charge on any atom is 0.111 e. The molecule has 3 nitrogen and oxygen atoms in total. The number of rotatable bonds is 10. The van der Waals surface area contributed by atoms with Crippen molar-refractivity contribution in [2.75, 3.05) is 33.0 Å². The molecule has 84 valence electrons. The Bertz CT molecular complexity index is 126. The van der Waals surface area contributed by atoms with Crippen molar-refractivity contribution in [2.45, 2.75) is 20.3 Å². The summed E-state index contributed by atoms with van der Waals surface area (Å²) in [7, 11) is 0. The van der Waals surface area contributed by atoms with Crippen LogP contribution in [0.4, 0.5) is 0 Å². The maximum atomic E-state index is 5.41. The van der Waals surface area contributed by atoms with E-state index >= 15 is 0 Å². The molecule has 0 radical (unpaired) electrons. The fraction of sp³-hybridized carbons (Fsp3) is 0.818. The van der Waals surface area contributed by atoms with E-state index < -0.39 is 0 Å². The molecule has 0 amide bonds. The second kappa shape index (κ2) is 10.5. The fourth-order valence-electron chi connectivity index (χ4n) is 0.813. The third kappa shape index (κ3) is 9.55. The molecule has 0 aromatic heterocycles. The lowest BCUT2D eigenvalue weighted by Crippen LogP contribution is -2.11. The van der Waals surface area contributed by atoms with E-state index in [-0.39, 0.29) is 0 Å². The van der Waals surface area contributed by atoms with Crippen molar-refractivity contribution < 1.29 is 14.2 Å². The first-order valence-corrected chi connectivity index (χ1v) is 5.19. The lowest BCUT2D eigenvalue weighted by molar-refractivity contribution is 0.0215. The van der Waals surface area contributed by atoms with Crippen molar-refractivity contribution in [2.24, 2.45) is 5.92 Å². The first-order valence-electron chi connectivity index (χ1n) is 5.19. The highest BCUT2D eigenvalue weighted by atomic mass is 16.5. The molecule has 0 aromatic rings. The largest absolute Gasteiger partial charge is 0.499 e. The molecule has 0 heterocycles. The van der Waals surface area contributed by atoms with Gasteiger partial charge < -0.3 is 14.2 Å². The Hall–Kier alpha value is -0.540. The first-order chi connectivity index (χ1) is 6.81. The van der Waals surface area contributed by atoms with E-state index in [0.29, 0.717) is 32.3 Å². The quantitative estimate of drug-likeness (QED) is 0.401. The molecule has 0 rings (SSSR count). The Labute approximate surface area is 87.0 Å². The molecule has 14 heavy (non-hydrogen) atoms. The van der Waals surface area contributed by atoms with Crippen molar-refractivity contribution in [3.05, 3.63) is 12.8 Å². The minimum absolute atomic E-state index is 0.564. The third-order valence-corrected chi connectivity index (χ3v) is 1.93. The van der Waals surface area contributed by atoms with Crippen LogP contribution >= 0.6 is 0 Å². The summed E-state index contributed by atoms with van der Waals surface area (Å²) in [5.41, 5.74) is 0. The van der Waals surface area contributed by atoms with E-state index in [4.69, 9.17) is 14.2 Å². The SMILES string of the molecule is C=COCCOCCOCC(C)CC. The highest BCUT2D eigenvalue weighted by Gasteiger charge is 1.97. The number of ether oxygens (including phenoxy) is 3. The van der Waals surface area contributed by atoms with Gasteiger partial charge in [-0.2, -0.15) is 0 Å². The molecular weight excluding hydrogens is 180 g/mol. The summed E-state index contributed by atoms with van der Waals surface area (Å²) >= 11 is 0. The van der Waals surface area contributed by atoms with Gasteiger partial charge in [-0.25, -0.2) is 0 Å². The van der Waals surface area contributed by atoms with Crippen molar-refractivity contribution in [1.29, 1.82) is 0 Å². The van der Waals surface area contributed by atoms with Crippen LogP contribution in [0.3, 0.4) is 0 Å². The Morgan fingerprint density at radius 1 is 1.14 bits per heavy atom. The Kier molecular flexibility index (Phi) is 10.1. The van der Waals surface area contributed by atoms with Crippen molar-refractivity contribution in [3.8, 4) is 0 Å². The van der Waals surface area contributed by atoms with Crippen molar-refractivity contribution in [1.82, 2.24) is 0 Å². The maximum absolute atomic E-state index is 5.41. The smallest absolute Gasteiger partial charge is 0.111 e. The molecule has 1 atom stereocenters. The Morgan fingerprint density at radius 2 is 1.79 bits per heavy atom. The number of hydrogen-bond acceptors (Lipinski definition) is 3. The lowest BCUT2D eigenvalue weighted by atomic mass is 10.1. The summed E-state index contributed by atoms with van der Waals surface area (Å²) in [6, 6.07) is 0. The van der Waals surface area contributed by atoms with Gasteiger partial charge in [0.25, 0.3) is 0 Å². The molecule has 0 aliphatic rings. The molecule has 0 saturated heterocycles. The van der Waals surface area contributed by atoms with Gasteiger partial charge in [0.1, 0.15) is 6.61 Å². The minimum Gasteiger partial charge on any atom is -0.499 e. The molecule has 0 N–H and O–H groups in total. The van der Waals surface area contributed by atoms with Crippen molar-refractivity contribution in [3.63, 3.8) is 0 Å². The van der Waals surface area contributed by atoms with E-state index in [1.54, 1.807) is 0 Å². The average Bonchev–Trinajstić information content (AvgIpc) is 2.21. The van der Waals surface area contributed by atoms with Gasteiger partial charge in [0.15, 0.2) is 0 Å². The van der Waals surface area contributed by atoms with Gasteiger partial charge in [-0.05, 0) is 5.92 Å². The van der Waals surface area contributed by atoms with Gasteiger partial charge in [0.05, 0.1) is 26.1 Å². The molecule has 0 saturated carbocycles. The standard InChI is InChI=1S/C11H22O3/c1-4-11(3)10-14-9-8-13-7-6-12-5-2/h5,11H,2,4,6-10H2,1,3H3. The zero-order valence-electron chi connectivity index (χ0n) is 9.33. The predicted octanol–water partition coefficient (Wildman–Crippen LogP) is 2.23. The van der Waals surface area contributed by atoms with Gasteiger partial charge in [0.2, 0.25) is 0 Å². The summed E-state index contributed by atoms with van der Waals surface area (Å²) < 4.78 is 15.6. The van der Waals surface area contributed by atoms with Crippen LogP contribution in [-0.2, 0) is 14.2 Å². The fourth-order valence-corrected chi connectivity index (χ4v) is 0.813. The highest BCUT2D eigenvalue weighted by Crippen LogP contribution is 1.99. The molecule has 0 aliphatic carbocycles. The van der Waals surface area contributed by atoms with Crippen LogP contribution < -0.4 is 0 Å². The van der Waals surface area contributed by atoms with Gasteiger partial charge in [-0.1, -0.05) is 26.8 Å². The zero-order valence-corrected chi connectivity index (χ0v) is 9.33. The second-order valence-electron chi connectivity index (χ2n) is 3.24. The van der Waals surface area contributed by atoms with Crippen LogP contribution in [0.15, 0.2) is 12.8 Å². The van der Waals surface area contributed by atoms with E-state index in [9.17, 15) is 0 Å². The molecular formula is C11H22O3. The normalized spacial score (nSPS) is 12.4. The first kappa shape index (κ1) is 13.5. The zero-order chi connectivity index (χ0) is 10.6. The molecule has 0 aromatic carbocycles. The van der Waals surface area contributed by atoms with Crippen LogP contribution in [0.1, 0.15) is 20.3 Å². The van der Waals surface area contributed by atoms with Crippen LogP contribution in [0.5, 0.6) is 0 Å². The van der Waals surface area contributed by atoms with Crippen LogP contribution in [-0.4, -0.2) is 33.0 Å². The summed E-state index contributed by atoms with van der Waals surface area (Å²) in [5, 5.41) is 0. The second-order valence-corrected chi connectivity index (χ2v) is 3.24. The van der Waals surface area contributed by atoms with E-state index in [1.807, 2.05) is 0 Å². The van der Waals surface area contributed by atoms with E-state index in [1.165, 1.54) is 6.26 Å². The molecule has 1 unspecified atom stereocenters. The van der Waals surface area contributed by atoms with Gasteiger partial charge >= 0.3 is 0 Å². The third-order valence-electron chi connectivity index (χ3n) is 1.93. The summed E-state index contributed by atoms with van der Waals surface area (Å²) in [4.78, 5) is 0. The van der Waals surface area contributed by atoms with E-state index in [0.717, 1.165) is 13.0 Å². The highest BCUT2D eigenvalue weighted by molar-refractivity contribution is 4.48. The Balaban J connectivity index is 2.95. The molecule has 3 heteroatoms. The molecule has 0 bridgehead atoms. The summed E-state index contributed by atoms with van der Waals surface area (Å²) in [6.07, 6.45) is 2.58. The van der Waals surface area contributed by atoms with Gasteiger partial charge in [-0.15, -0.1) is 0 Å². The minimum atomic E-state index is 0.564. The van der Waals surface area contributed by atoms with E-state index in [2.05, 4.69) is 20.4 Å². The molecule has 0 aliphatic heterocycles. The monoisotopic (exact) mass is 202 g/mol. The molecule has 0 spiro atoms.